The average molecular weight is 484 g/mol. The standard InChI is InChI=1S/C27H31F2N3O3/c1-16(32(14-24(28)29)26(33)35-27(3,4)5)15-34-19-7-8-23-21(12-19)22-11-18-13-30-10-9-20(18)17(2)25(22)31(23)6/h7-13,16,24H,14-15H2,1-6H3/t16-/m0/s1. The van der Waals surface area contributed by atoms with Gasteiger partial charge in [0.25, 0.3) is 6.43 Å². The number of halogens is 2. The Hall–Kier alpha value is -3.42. The molecule has 0 saturated heterocycles. The zero-order valence-electron chi connectivity index (χ0n) is 20.9. The molecule has 0 radical (unpaired) electrons. The Morgan fingerprint density at radius 1 is 1.14 bits per heavy atom. The van der Waals surface area contributed by atoms with E-state index in [4.69, 9.17) is 9.47 Å². The summed E-state index contributed by atoms with van der Waals surface area (Å²) in [4.78, 5) is 17.8. The fraction of sp³-hybridized carbons (Fsp3) is 0.407. The molecule has 0 fully saturated rings. The highest BCUT2D eigenvalue weighted by Crippen LogP contribution is 2.36. The van der Waals surface area contributed by atoms with Crippen LogP contribution >= 0.6 is 0 Å². The molecule has 186 valence electrons. The van der Waals surface area contributed by atoms with Crippen molar-refractivity contribution >= 4 is 38.7 Å². The molecule has 2 aromatic carbocycles. The summed E-state index contributed by atoms with van der Waals surface area (Å²) in [7, 11) is 2.04. The van der Waals surface area contributed by atoms with Crippen LogP contribution in [-0.2, 0) is 11.8 Å². The minimum absolute atomic E-state index is 0.0497. The van der Waals surface area contributed by atoms with Crippen molar-refractivity contribution in [3.63, 3.8) is 0 Å². The average Bonchev–Trinajstić information content (AvgIpc) is 3.06. The van der Waals surface area contributed by atoms with Crippen LogP contribution in [0, 0.1) is 6.92 Å². The number of hydrogen-bond acceptors (Lipinski definition) is 4. The molecule has 0 aliphatic carbocycles. The normalized spacial score (nSPS) is 13.1. The number of fused-ring (bicyclic) bond motifs is 4. The van der Waals surface area contributed by atoms with Crippen molar-refractivity contribution in [2.75, 3.05) is 13.2 Å². The Morgan fingerprint density at radius 3 is 2.57 bits per heavy atom. The maximum atomic E-state index is 13.2. The van der Waals surface area contributed by atoms with Crippen LogP contribution < -0.4 is 4.74 Å². The Bertz CT molecular complexity index is 1390. The number of carbonyl (C=O) groups is 1. The molecular formula is C27H31F2N3O3. The van der Waals surface area contributed by atoms with Gasteiger partial charge < -0.3 is 14.0 Å². The summed E-state index contributed by atoms with van der Waals surface area (Å²) in [5, 5.41) is 4.33. The number of carbonyl (C=O) groups excluding carboxylic acids is 1. The highest BCUT2D eigenvalue weighted by Gasteiger charge is 2.29. The first-order valence-electron chi connectivity index (χ1n) is 11.6. The van der Waals surface area contributed by atoms with Crippen LogP contribution in [-0.4, -0.2) is 51.8 Å². The van der Waals surface area contributed by atoms with Gasteiger partial charge in [0, 0.05) is 41.1 Å². The Balaban J connectivity index is 1.62. The smallest absolute Gasteiger partial charge is 0.410 e. The van der Waals surface area contributed by atoms with E-state index in [1.165, 1.54) is 5.56 Å². The van der Waals surface area contributed by atoms with Crippen LogP contribution in [0.1, 0.15) is 33.3 Å². The fourth-order valence-corrected chi connectivity index (χ4v) is 4.50. The fourth-order valence-electron chi connectivity index (χ4n) is 4.50. The van der Waals surface area contributed by atoms with Crippen molar-refractivity contribution in [2.24, 2.45) is 7.05 Å². The first-order valence-corrected chi connectivity index (χ1v) is 11.6. The molecule has 1 amide bonds. The third-order valence-corrected chi connectivity index (χ3v) is 6.11. The second-order valence-electron chi connectivity index (χ2n) is 9.92. The predicted octanol–water partition coefficient (Wildman–Crippen LogP) is 6.46. The summed E-state index contributed by atoms with van der Waals surface area (Å²) in [6, 6.07) is 9.34. The van der Waals surface area contributed by atoms with Crippen molar-refractivity contribution in [3.8, 4) is 5.75 Å². The van der Waals surface area contributed by atoms with E-state index in [-0.39, 0.29) is 6.61 Å². The van der Waals surface area contributed by atoms with Crippen LogP contribution in [0.15, 0.2) is 42.7 Å². The first-order chi connectivity index (χ1) is 16.5. The number of amides is 1. The van der Waals surface area contributed by atoms with E-state index < -0.39 is 30.7 Å². The molecule has 8 heteroatoms. The van der Waals surface area contributed by atoms with Crippen molar-refractivity contribution in [2.45, 2.75) is 52.7 Å². The van der Waals surface area contributed by atoms with Gasteiger partial charge in [0.2, 0.25) is 0 Å². The van der Waals surface area contributed by atoms with Crippen LogP contribution in [0.5, 0.6) is 5.75 Å². The highest BCUT2D eigenvalue weighted by molar-refractivity contribution is 6.14. The second kappa shape index (κ2) is 9.32. The molecule has 0 saturated carbocycles. The lowest BCUT2D eigenvalue weighted by Crippen LogP contribution is -2.46. The number of nitrogens with zero attached hydrogens (tertiary/aromatic N) is 3. The lowest BCUT2D eigenvalue weighted by molar-refractivity contribution is -0.00425. The third-order valence-electron chi connectivity index (χ3n) is 6.11. The quantitative estimate of drug-likeness (QED) is 0.316. The van der Waals surface area contributed by atoms with Gasteiger partial charge in [-0.3, -0.25) is 9.88 Å². The largest absolute Gasteiger partial charge is 0.491 e. The molecule has 6 nitrogen and oxygen atoms in total. The van der Waals surface area contributed by atoms with Crippen LogP contribution in [0.25, 0.3) is 32.6 Å². The molecule has 35 heavy (non-hydrogen) atoms. The molecule has 0 aliphatic heterocycles. The van der Waals surface area contributed by atoms with Crippen LogP contribution in [0.2, 0.25) is 0 Å². The van der Waals surface area contributed by atoms with E-state index in [1.54, 1.807) is 33.9 Å². The van der Waals surface area contributed by atoms with Gasteiger partial charge in [0.1, 0.15) is 18.0 Å². The predicted molar refractivity (Wildman–Crippen MR) is 134 cm³/mol. The first kappa shape index (κ1) is 24.7. The second-order valence-corrected chi connectivity index (χ2v) is 9.92. The van der Waals surface area contributed by atoms with Gasteiger partial charge >= 0.3 is 6.09 Å². The molecule has 2 aromatic heterocycles. The topological polar surface area (TPSA) is 56.6 Å². The molecule has 1 atom stereocenters. The molecule has 4 rings (SSSR count). The number of rotatable bonds is 6. The summed E-state index contributed by atoms with van der Waals surface area (Å²) in [5.74, 6) is 0.599. The summed E-state index contributed by atoms with van der Waals surface area (Å²) in [6.45, 7) is 8.21. The number of aromatic nitrogens is 2. The van der Waals surface area contributed by atoms with E-state index in [1.807, 2.05) is 37.5 Å². The van der Waals surface area contributed by atoms with Crippen molar-refractivity contribution < 1.29 is 23.0 Å². The molecule has 0 aliphatic rings. The summed E-state index contributed by atoms with van der Waals surface area (Å²) < 4.78 is 39.8. The van der Waals surface area contributed by atoms with E-state index in [0.717, 1.165) is 37.5 Å². The molecule has 0 spiro atoms. The van der Waals surface area contributed by atoms with Crippen molar-refractivity contribution in [1.29, 1.82) is 0 Å². The lowest BCUT2D eigenvalue weighted by Gasteiger charge is -2.31. The monoisotopic (exact) mass is 483 g/mol. The van der Waals surface area contributed by atoms with Crippen molar-refractivity contribution in [1.82, 2.24) is 14.5 Å². The third kappa shape index (κ3) is 5.01. The number of aryl methyl sites for hydroxylation is 2. The summed E-state index contributed by atoms with van der Waals surface area (Å²) in [5.41, 5.74) is 2.58. The molecule has 0 bridgehead atoms. The number of ether oxygens (including phenoxy) is 2. The Labute approximate surface area is 203 Å². The van der Waals surface area contributed by atoms with Crippen LogP contribution in [0.4, 0.5) is 13.6 Å². The number of benzene rings is 2. The van der Waals surface area contributed by atoms with Gasteiger partial charge in [-0.1, -0.05) is 0 Å². The maximum absolute atomic E-state index is 13.2. The number of alkyl halides is 2. The minimum atomic E-state index is -2.68. The molecule has 4 aromatic rings. The van der Waals surface area contributed by atoms with E-state index in [2.05, 4.69) is 22.5 Å². The highest BCUT2D eigenvalue weighted by atomic mass is 19.3. The van der Waals surface area contributed by atoms with Gasteiger partial charge in [-0.2, -0.15) is 0 Å². The molecular weight excluding hydrogens is 452 g/mol. The Kier molecular flexibility index (Phi) is 6.58. The van der Waals surface area contributed by atoms with Gasteiger partial charge in [-0.05, 0) is 75.9 Å². The minimum Gasteiger partial charge on any atom is -0.491 e. The molecule has 0 unspecified atom stereocenters. The summed E-state index contributed by atoms with van der Waals surface area (Å²) >= 11 is 0. The van der Waals surface area contributed by atoms with E-state index in [0.29, 0.717) is 5.75 Å². The number of pyridine rings is 1. The molecule has 0 N–H and O–H groups in total. The lowest BCUT2D eigenvalue weighted by atomic mass is 10.0. The zero-order valence-corrected chi connectivity index (χ0v) is 20.9. The van der Waals surface area contributed by atoms with Crippen LogP contribution in [0.3, 0.4) is 0 Å². The van der Waals surface area contributed by atoms with E-state index in [9.17, 15) is 13.6 Å². The van der Waals surface area contributed by atoms with Gasteiger partial charge in [-0.25, -0.2) is 13.6 Å². The molecule has 2 heterocycles. The zero-order chi connectivity index (χ0) is 25.5. The number of hydrogen-bond donors (Lipinski definition) is 0. The Morgan fingerprint density at radius 2 is 1.89 bits per heavy atom. The van der Waals surface area contributed by atoms with E-state index >= 15 is 0 Å². The van der Waals surface area contributed by atoms with Crippen molar-refractivity contribution in [3.05, 3.63) is 48.3 Å². The van der Waals surface area contributed by atoms with Gasteiger partial charge in [0.15, 0.2) is 0 Å². The van der Waals surface area contributed by atoms with Gasteiger partial charge in [0.05, 0.1) is 18.1 Å². The summed E-state index contributed by atoms with van der Waals surface area (Å²) in [6.07, 6.45) is 0.196. The SMILES string of the molecule is Cc1c2ccncc2cc2c3cc(OC[C@H](C)N(CC(F)F)C(=O)OC(C)(C)C)ccc3n(C)c12. The van der Waals surface area contributed by atoms with Gasteiger partial charge in [-0.15, -0.1) is 0 Å². The maximum Gasteiger partial charge on any atom is 0.410 e.